The molecular weight excluding hydrogens is 320 g/mol. The van der Waals surface area contributed by atoms with Crippen molar-refractivity contribution < 1.29 is 4.79 Å². The van der Waals surface area contributed by atoms with Gasteiger partial charge in [-0.2, -0.15) is 0 Å². The van der Waals surface area contributed by atoms with Gasteiger partial charge in [0.05, 0.1) is 0 Å². The SMILES string of the molecule is CC.O=C(CCNCCCc1ccccc1)NCCCc1ccccc1. The molecule has 0 atom stereocenters. The summed E-state index contributed by atoms with van der Waals surface area (Å²) in [6, 6.07) is 20.9. The fraction of sp³-hybridized carbons (Fsp3) is 0.435. The minimum Gasteiger partial charge on any atom is -0.356 e. The highest BCUT2D eigenvalue weighted by molar-refractivity contribution is 5.75. The average molecular weight is 355 g/mol. The third-order valence-corrected chi connectivity index (χ3v) is 4.00. The smallest absolute Gasteiger partial charge is 0.221 e. The molecule has 0 bridgehead atoms. The van der Waals surface area contributed by atoms with Crippen LogP contribution in [0.25, 0.3) is 0 Å². The number of carbonyl (C=O) groups is 1. The minimum atomic E-state index is 0.138. The molecule has 0 unspecified atom stereocenters. The summed E-state index contributed by atoms with van der Waals surface area (Å²) in [6.45, 7) is 6.46. The number of nitrogens with one attached hydrogen (secondary N) is 2. The van der Waals surface area contributed by atoms with Gasteiger partial charge in [0.1, 0.15) is 0 Å². The summed E-state index contributed by atoms with van der Waals surface area (Å²) >= 11 is 0. The Morgan fingerprint density at radius 1 is 0.731 bits per heavy atom. The first-order chi connectivity index (χ1) is 12.8. The van der Waals surface area contributed by atoms with Gasteiger partial charge in [0.25, 0.3) is 0 Å². The van der Waals surface area contributed by atoms with E-state index in [4.69, 9.17) is 0 Å². The highest BCUT2D eigenvalue weighted by atomic mass is 16.1. The second-order valence-electron chi connectivity index (χ2n) is 6.03. The Kier molecular flexibility index (Phi) is 12.8. The molecule has 0 spiro atoms. The Morgan fingerprint density at radius 2 is 1.23 bits per heavy atom. The maximum atomic E-state index is 11.8. The molecule has 1 amide bonds. The van der Waals surface area contributed by atoms with Crippen molar-refractivity contribution >= 4 is 5.91 Å². The maximum Gasteiger partial charge on any atom is 0.221 e. The van der Waals surface area contributed by atoms with Gasteiger partial charge in [-0.25, -0.2) is 0 Å². The summed E-state index contributed by atoms with van der Waals surface area (Å²) in [5.41, 5.74) is 2.70. The summed E-state index contributed by atoms with van der Waals surface area (Å²) in [4.78, 5) is 11.8. The van der Waals surface area contributed by atoms with E-state index in [1.54, 1.807) is 0 Å². The lowest BCUT2D eigenvalue weighted by molar-refractivity contribution is -0.121. The van der Waals surface area contributed by atoms with Crippen LogP contribution < -0.4 is 10.6 Å². The summed E-state index contributed by atoms with van der Waals surface area (Å²) in [7, 11) is 0. The quantitative estimate of drug-likeness (QED) is 0.588. The van der Waals surface area contributed by atoms with Crippen LogP contribution in [0.3, 0.4) is 0 Å². The molecule has 2 N–H and O–H groups in total. The van der Waals surface area contributed by atoms with Gasteiger partial charge in [-0.05, 0) is 43.4 Å². The van der Waals surface area contributed by atoms with E-state index in [1.807, 2.05) is 26.0 Å². The Morgan fingerprint density at radius 3 is 1.77 bits per heavy atom. The molecule has 142 valence electrons. The molecule has 0 radical (unpaired) electrons. The van der Waals surface area contributed by atoms with Crippen molar-refractivity contribution in [1.29, 1.82) is 0 Å². The van der Waals surface area contributed by atoms with Crippen LogP contribution in [0.4, 0.5) is 0 Å². The van der Waals surface area contributed by atoms with Crippen molar-refractivity contribution in [2.45, 2.75) is 46.0 Å². The third-order valence-electron chi connectivity index (χ3n) is 4.00. The zero-order chi connectivity index (χ0) is 18.9. The molecule has 2 rings (SSSR count). The molecule has 0 aliphatic carbocycles. The van der Waals surface area contributed by atoms with Crippen molar-refractivity contribution in [3.05, 3.63) is 71.8 Å². The second kappa shape index (κ2) is 15.2. The van der Waals surface area contributed by atoms with E-state index in [9.17, 15) is 4.79 Å². The highest BCUT2D eigenvalue weighted by Gasteiger charge is 2.00. The van der Waals surface area contributed by atoms with Crippen LogP contribution in [-0.4, -0.2) is 25.5 Å². The van der Waals surface area contributed by atoms with E-state index < -0.39 is 0 Å². The molecule has 0 saturated heterocycles. The molecule has 0 aliphatic rings. The van der Waals surface area contributed by atoms with Gasteiger partial charge in [-0.1, -0.05) is 74.5 Å². The Hall–Kier alpha value is -2.13. The van der Waals surface area contributed by atoms with E-state index in [2.05, 4.69) is 59.2 Å². The lowest BCUT2D eigenvalue weighted by atomic mass is 10.1. The summed E-state index contributed by atoms with van der Waals surface area (Å²) in [5.74, 6) is 0.138. The standard InChI is InChI=1S/C21H28N2O.C2H6/c24-21(23-17-8-14-20-11-5-2-6-12-20)15-18-22-16-7-13-19-9-3-1-4-10-19;1-2/h1-6,9-12,22H,7-8,13-18H2,(H,23,24);1-2H3. The Labute approximate surface area is 159 Å². The fourth-order valence-electron chi connectivity index (χ4n) is 2.64. The van der Waals surface area contributed by atoms with Gasteiger partial charge < -0.3 is 10.6 Å². The normalized spacial score (nSPS) is 9.92. The molecule has 3 nitrogen and oxygen atoms in total. The van der Waals surface area contributed by atoms with Crippen LogP contribution in [-0.2, 0) is 17.6 Å². The molecule has 2 aromatic rings. The molecule has 0 fully saturated rings. The molecule has 0 heterocycles. The monoisotopic (exact) mass is 354 g/mol. The number of amides is 1. The zero-order valence-electron chi connectivity index (χ0n) is 16.3. The molecule has 0 aliphatic heterocycles. The van der Waals surface area contributed by atoms with E-state index in [1.165, 1.54) is 11.1 Å². The molecular formula is C23H34N2O. The van der Waals surface area contributed by atoms with E-state index >= 15 is 0 Å². The molecule has 26 heavy (non-hydrogen) atoms. The summed E-state index contributed by atoms with van der Waals surface area (Å²) in [5, 5.41) is 6.33. The predicted octanol–water partition coefficient (Wildman–Crippen LogP) is 4.37. The minimum absolute atomic E-state index is 0.138. The number of hydrogen-bond acceptors (Lipinski definition) is 2. The van der Waals surface area contributed by atoms with Crippen molar-refractivity contribution in [2.75, 3.05) is 19.6 Å². The first-order valence-corrected chi connectivity index (χ1v) is 9.90. The first-order valence-electron chi connectivity index (χ1n) is 9.90. The summed E-state index contributed by atoms with van der Waals surface area (Å²) in [6.07, 6.45) is 4.73. The average Bonchev–Trinajstić information content (AvgIpc) is 2.71. The van der Waals surface area contributed by atoms with Gasteiger partial charge in [0.15, 0.2) is 0 Å². The Bertz CT molecular complexity index is 569. The Balaban J connectivity index is 0.00000163. The van der Waals surface area contributed by atoms with E-state index in [-0.39, 0.29) is 5.91 Å². The maximum absolute atomic E-state index is 11.8. The largest absolute Gasteiger partial charge is 0.356 e. The number of hydrogen-bond donors (Lipinski definition) is 2. The topological polar surface area (TPSA) is 41.1 Å². The predicted molar refractivity (Wildman–Crippen MR) is 111 cm³/mol. The van der Waals surface area contributed by atoms with Crippen LogP contribution in [0, 0.1) is 0 Å². The molecule has 0 saturated carbocycles. The molecule has 3 heteroatoms. The summed E-state index contributed by atoms with van der Waals surface area (Å²) < 4.78 is 0. The van der Waals surface area contributed by atoms with Gasteiger partial charge in [0, 0.05) is 19.5 Å². The van der Waals surface area contributed by atoms with Crippen LogP contribution in [0.5, 0.6) is 0 Å². The van der Waals surface area contributed by atoms with Gasteiger partial charge in [-0.3, -0.25) is 4.79 Å². The van der Waals surface area contributed by atoms with Crippen LogP contribution >= 0.6 is 0 Å². The van der Waals surface area contributed by atoms with Crippen molar-refractivity contribution in [1.82, 2.24) is 10.6 Å². The van der Waals surface area contributed by atoms with Crippen molar-refractivity contribution in [3.63, 3.8) is 0 Å². The highest BCUT2D eigenvalue weighted by Crippen LogP contribution is 2.02. The zero-order valence-corrected chi connectivity index (χ0v) is 16.3. The lowest BCUT2D eigenvalue weighted by Crippen LogP contribution is -2.29. The van der Waals surface area contributed by atoms with Crippen molar-refractivity contribution in [3.8, 4) is 0 Å². The number of rotatable bonds is 11. The van der Waals surface area contributed by atoms with Crippen LogP contribution in [0.2, 0.25) is 0 Å². The van der Waals surface area contributed by atoms with Gasteiger partial charge in [-0.15, -0.1) is 0 Å². The fourth-order valence-corrected chi connectivity index (χ4v) is 2.64. The number of carbonyl (C=O) groups excluding carboxylic acids is 1. The first kappa shape index (κ1) is 21.9. The van der Waals surface area contributed by atoms with Crippen LogP contribution in [0.15, 0.2) is 60.7 Å². The van der Waals surface area contributed by atoms with Crippen LogP contribution in [0.1, 0.15) is 44.2 Å². The molecule has 0 aromatic heterocycles. The number of benzene rings is 2. The van der Waals surface area contributed by atoms with Gasteiger partial charge >= 0.3 is 0 Å². The van der Waals surface area contributed by atoms with Crippen molar-refractivity contribution in [2.24, 2.45) is 0 Å². The molecule has 2 aromatic carbocycles. The third kappa shape index (κ3) is 10.7. The second-order valence-corrected chi connectivity index (χ2v) is 6.03. The van der Waals surface area contributed by atoms with E-state index in [0.717, 1.165) is 45.3 Å². The van der Waals surface area contributed by atoms with Gasteiger partial charge in [0.2, 0.25) is 5.91 Å². The number of aryl methyl sites for hydroxylation is 2. The van der Waals surface area contributed by atoms with E-state index in [0.29, 0.717) is 6.42 Å². The lowest BCUT2D eigenvalue weighted by Gasteiger charge is -2.07.